The van der Waals surface area contributed by atoms with Gasteiger partial charge in [-0.2, -0.15) is 0 Å². The maximum Gasteiger partial charge on any atom is 0.255 e. The molecule has 0 aliphatic carbocycles. The van der Waals surface area contributed by atoms with Crippen molar-refractivity contribution < 1.29 is 13.9 Å². The van der Waals surface area contributed by atoms with Gasteiger partial charge in [0.1, 0.15) is 11.6 Å². The quantitative estimate of drug-likeness (QED) is 0.829. The summed E-state index contributed by atoms with van der Waals surface area (Å²) in [6, 6.07) is 11.6. The molecule has 3 nitrogen and oxygen atoms in total. The van der Waals surface area contributed by atoms with E-state index in [1.54, 1.807) is 12.0 Å². The summed E-state index contributed by atoms with van der Waals surface area (Å²) in [6.45, 7) is 0.661. The van der Waals surface area contributed by atoms with Gasteiger partial charge in [0.25, 0.3) is 5.91 Å². The SMILES string of the molecule is COc1cccc(C2CCCN2C(=O)c2ccc(F)cc2Cl)c1. The number of amides is 1. The van der Waals surface area contributed by atoms with Gasteiger partial charge in [-0.3, -0.25) is 4.79 Å². The highest BCUT2D eigenvalue weighted by molar-refractivity contribution is 6.33. The Balaban J connectivity index is 1.90. The lowest BCUT2D eigenvalue weighted by atomic mass is 10.0. The molecule has 1 fully saturated rings. The number of nitrogens with zero attached hydrogens (tertiary/aromatic N) is 1. The van der Waals surface area contributed by atoms with Gasteiger partial charge in [0.05, 0.1) is 23.7 Å². The van der Waals surface area contributed by atoms with Crippen LogP contribution in [-0.4, -0.2) is 24.5 Å². The summed E-state index contributed by atoms with van der Waals surface area (Å²) in [5.74, 6) is 0.152. The molecule has 23 heavy (non-hydrogen) atoms. The number of rotatable bonds is 3. The summed E-state index contributed by atoms with van der Waals surface area (Å²) >= 11 is 6.04. The van der Waals surface area contributed by atoms with Crippen molar-refractivity contribution in [2.45, 2.75) is 18.9 Å². The number of hydrogen-bond donors (Lipinski definition) is 0. The minimum atomic E-state index is -0.447. The normalized spacial score (nSPS) is 17.3. The van der Waals surface area contributed by atoms with Crippen molar-refractivity contribution in [2.24, 2.45) is 0 Å². The van der Waals surface area contributed by atoms with Crippen LogP contribution >= 0.6 is 11.6 Å². The molecule has 5 heteroatoms. The van der Waals surface area contributed by atoms with Crippen molar-refractivity contribution in [3.63, 3.8) is 0 Å². The van der Waals surface area contributed by atoms with Crippen LogP contribution in [0.5, 0.6) is 5.75 Å². The number of likely N-dealkylation sites (tertiary alicyclic amines) is 1. The third kappa shape index (κ3) is 3.17. The van der Waals surface area contributed by atoms with Crippen LogP contribution in [-0.2, 0) is 0 Å². The number of benzene rings is 2. The lowest BCUT2D eigenvalue weighted by Crippen LogP contribution is -2.30. The molecule has 120 valence electrons. The van der Waals surface area contributed by atoms with Gasteiger partial charge in [-0.15, -0.1) is 0 Å². The number of hydrogen-bond acceptors (Lipinski definition) is 2. The number of carbonyl (C=O) groups excluding carboxylic acids is 1. The van der Waals surface area contributed by atoms with Crippen LogP contribution in [0.25, 0.3) is 0 Å². The Kier molecular flexibility index (Phi) is 4.53. The topological polar surface area (TPSA) is 29.5 Å². The van der Waals surface area contributed by atoms with Crippen molar-refractivity contribution >= 4 is 17.5 Å². The molecule has 2 aromatic rings. The molecule has 1 saturated heterocycles. The second-order valence-corrected chi connectivity index (χ2v) is 5.96. The van der Waals surface area contributed by atoms with Crippen LogP contribution < -0.4 is 4.74 Å². The summed E-state index contributed by atoms with van der Waals surface area (Å²) in [6.07, 6.45) is 1.81. The molecule has 1 atom stereocenters. The Bertz CT molecular complexity index is 735. The van der Waals surface area contributed by atoms with Crippen LogP contribution in [0.15, 0.2) is 42.5 Å². The molecular formula is C18H17ClFNO2. The maximum absolute atomic E-state index is 13.2. The smallest absolute Gasteiger partial charge is 0.255 e. The first-order valence-corrected chi connectivity index (χ1v) is 7.88. The van der Waals surface area contributed by atoms with E-state index >= 15 is 0 Å². The van der Waals surface area contributed by atoms with E-state index in [0.29, 0.717) is 12.1 Å². The standard InChI is InChI=1S/C18H17ClFNO2/c1-23-14-5-2-4-12(10-14)17-6-3-9-21(17)18(22)15-8-7-13(20)11-16(15)19/h2,4-5,7-8,10-11,17H,3,6,9H2,1H3. The fourth-order valence-corrected chi connectivity index (χ4v) is 3.27. The lowest BCUT2D eigenvalue weighted by Gasteiger charge is -2.26. The van der Waals surface area contributed by atoms with Crippen LogP contribution in [0.3, 0.4) is 0 Å². The molecule has 0 bridgehead atoms. The number of halogens is 2. The predicted molar refractivity (Wildman–Crippen MR) is 87.4 cm³/mol. The van der Waals surface area contributed by atoms with Gasteiger partial charge >= 0.3 is 0 Å². The maximum atomic E-state index is 13.2. The van der Waals surface area contributed by atoms with Gasteiger partial charge in [0.2, 0.25) is 0 Å². The monoisotopic (exact) mass is 333 g/mol. The number of ether oxygens (including phenoxy) is 1. The largest absolute Gasteiger partial charge is 0.497 e. The van der Waals surface area contributed by atoms with Crippen molar-refractivity contribution in [3.8, 4) is 5.75 Å². The highest BCUT2D eigenvalue weighted by Gasteiger charge is 2.31. The van der Waals surface area contributed by atoms with Crippen molar-refractivity contribution in [3.05, 3.63) is 64.4 Å². The van der Waals surface area contributed by atoms with E-state index in [4.69, 9.17) is 16.3 Å². The third-order valence-electron chi connectivity index (χ3n) is 4.15. The van der Waals surface area contributed by atoms with E-state index in [1.807, 2.05) is 24.3 Å². The van der Waals surface area contributed by atoms with E-state index in [9.17, 15) is 9.18 Å². The van der Waals surface area contributed by atoms with Crippen LogP contribution in [0.4, 0.5) is 4.39 Å². The van der Waals surface area contributed by atoms with Crippen LogP contribution in [0, 0.1) is 5.82 Å². The molecule has 0 aromatic heterocycles. The minimum Gasteiger partial charge on any atom is -0.497 e. The molecule has 0 radical (unpaired) electrons. The van der Waals surface area contributed by atoms with E-state index in [-0.39, 0.29) is 17.0 Å². The number of carbonyl (C=O) groups is 1. The predicted octanol–water partition coefficient (Wildman–Crippen LogP) is 4.47. The first-order chi connectivity index (χ1) is 11.1. The van der Waals surface area contributed by atoms with Crippen LogP contribution in [0.1, 0.15) is 34.8 Å². The molecule has 0 spiro atoms. The number of methoxy groups -OCH3 is 1. The fraction of sp³-hybridized carbons (Fsp3) is 0.278. The summed E-state index contributed by atoms with van der Waals surface area (Å²) < 4.78 is 18.5. The first-order valence-electron chi connectivity index (χ1n) is 7.50. The van der Waals surface area contributed by atoms with Gasteiger partial charge in [0, 0.05) is 6.54 Å². The molecule has 1 unspecified atom stereocenters. The van der Waals surface area contributed by atoms with Crippen LogP contribution in [0.2, 0.25) is 5.02 Å². The zero-order valence-corrected chi connectivity index (χ0v) is 13.5. The van der Waals surface area contributed by atoms with Crippen molar-refractivity contribution in [1.29, 1.82) is 0 Å². The molecular weight excluding hydrogens is 317 g/mol. The Labute approximate surface area is 139 Å². The average Bonchev–Trinajstić information content (AvgIpc) is 3.04. The Morgan fingerprint density at radius 1 is 1.30 bits per heavy atom. The summed E-state index contributed by atoms with van der Waals surface area (Å²) in [4.78, 5) is 14.6. The second kappa shape index (κ2) is 6.59. The minimum absolute atomic E-state index is 0.0151. The Morgan fingerprint density at radius 3 is 2.87 bits per heavy atom. The van der Waals surface area contributed by atoms with E-state index in [2.05, 4.69) is 0 Å². The third-order valence-corrected chi connectivity index (χ3v) is 4.47. The van der Waals surface area contributed by atoms with E-state index in [1.165, 1.54) is 18.2 Å². The van der Waals surface area contributed by atoms with Gasteiger partial charge < -0.3 is 9.64 Å². The molecule has 1 heterocycles. The van der Waals surface area contributed by atoms with Gasteiger partial charge in [-0.25, -0.2) is 4.39 Å². The zero-order chi connectivity index (χ0) is 16.4. The van der Waals surface area contributed by atoms with Crippen molar-refractivity contribution in [2.75, 3.05) is 13.7 Å². The molecule has 0 saturated carbocycles. The Hall–Kier alpha value is -2.07. The molecule has 0 N–H and O–H groups in total. The summed E-state index contributed by atoms with van der Waals surface area (Å²) in [7, 11) is 1.62. The molecule has 1 amide bonds. The first kappa shape index (κ1) is 15.8. The van der Waals surface area contributed by atoms with Gasteiger partial charge in [-0.1, -0.05) is 23.7 Å². The lowest BCUT2D eigenvalue weighted by molar-refractivity contribution is 0.0735. The highest BCUT2D eigenvalue weighted by Crippen LogP contribution is 2.35. The zero-order valence-electron chi connectivity index (χ0n) is 12.8. The van der Waals surface area contributed by atoms with Gasteiger partial charge in [0.15, 0.2) is 0 Å². The second-order valence-electron chi connectivity index (χ2n) is 5.56. The molecule has 1 aliphatic heterocycles. The summed E-state index contributed by atoms with van der Waals surface area (Å²) in [5.41, 5.74) is 1.37. The molecule has 2 aromatic carbocycles. The van der Waals surface area contributed by atoms with E-state index < -0.39 is 5.82 Å². The fourth-order valence-electron chi connectivity index (χ4n) is 3.02. The van der Waals surface area contributed by atoms with E-state index in [0.717, 1.165) is 24.2 Å². The molecule has 3 rings (SSSR count). The average molecular weight is 334 g/mol. The summed E-state index contributed by atoms with van der Waals surface area (Å²) in [5, 5.41) is 0.145. The molecule has 1 aliphatic rings. The van der Waals surface area contributed by atoms with Gasteiger partial charge in [-0.05, 0) is 48.7 Å². The Morgan fingerprint density at radius 2 is 2.13 bits per heavy atom. The highest BCUT2D eigenvalue weighted by atomic mass is 35.5. The van der Waals surface area contributed by atoms with Crippen molar-refractivity contribution in [1.82, 2.24) is 4.90 Å².